The van der Waals surface area contributed by atoms with Gasteiger partial charge in [0, 0.05) is 11.6 Å². The van der Waals surface area contributed by atoms with E-state index in [9.17, 15) is 9.59 Å². The predicted molar refractivity (Wildman–Crippen MR) is 79.3 cm³/mol. The molecule has 2 aromatic rings. The Morgan fingerprint density at radius 1 is 1.18 bits per heavy atom. The first-order valence-electron chi connectivity index (χ1n) is 6.42. The number of benzene rings is 1. The van der Waals surface area contributed by atoms with Crippen LogP contribution < -0.4 is 10.1 Å². The third-order valence-electron chi connectivity index (χ3n) is 2.88. The molecule has 0 aliphatic carbocycles. The summed E-state index contributed by atoms with van der Waals surface area (Å²) in [4.78, 5) is 30.7. The molecular formula is C15H10ClN3O3. The van der Waals surface area contributed by atoms with Gasteiger partial charge < -0.3 is 4.74 Å². The Bertz CT molecular complexity index is 775. The van der Waals surface area contributed by atoms with Crippen LogP contribution in [0.15, 0.2) is 42.0 Å². The fourth-order valence-electron chi connectivity index (χ4n) is 1.95. The average molecular weight is 316 g/mol. The molecule has 0 atom stereocenters. The van der Waals surface area contributed by atoms with E-state index in [2.05, 4.69) is 15.3 Å². The Morgan fingerprint density at radius 2 is 1.95 bits per heavy atom. The maximum atomic E-state index is 11.5. The molecule has 22 heavy (non-hydrogen) atoms. The van der Waals surface area contributed by atoms with E-state index in [1.165, 1.54) is 6.08 Å². The molecule has 1 N–H and O–H groups in total. The van der Waals surface area contributed by atoms with Crippen molar-refractivity contribution in [3.05, 3.63) is 52.9 Å². The highest BCUT2D eigenvalue weighted by Gasteiger charge is 2.23. The molecule has 0 unspecified atom stereocenters. The van der Waals surface area contributed by atoms with E-state index in [0.717, 1.165) is 0 Å². The topological polar surface area (TPSA) is 81.2 Å². The number of carbonyl (C=O) groups excluding carboxylic acids is 2. The molecule has 0 bridgehead atoms. The van der Waals surface area contributed by atoms with E-state index < -0.39 is 5.91 Å². The summed E-state index contributed by atoms with van der Waals surface area (Å²) in [6.45, 7) is 0. The highest BCUT2D eigenvalue weighted by atomic mass is 35.5. The lowest BCUT2D eigenvalue weighted by atomic mass is 10.2. The smallest absolute Gasteiger partial charge is 0.254 e. The van der Waals surface area contributed by atoms with Gasteiger partial charge in [-0.2, -0.15) is 4.98 Å². The second-order valence-corrected chi connectivity index (χ2v) is 4.88. The Hall–Kier alpha value is -2.73. The van der Waals surface area contributed by atoms with Crippen LogP contribution in [0, 0.1) is 0 Å². The molecule has 7 heteroatoms. The molecule has 0 radical (unpaired) electrons. The van der Waals surface area contributed by atoms with Gasteiger partial charge in [0.15, 0.2) is 0 Å². The number of ether oxygens (including phenoxy) is 1. The van der Waals surface area contributed by atoms with E-state index in [4.69, 9.17) is 16.3 Å². The van der Waals surface area contributed by atoms with Gasteiger partial charge in [-0.1, -0.05) is 18.2 Å². The Kier molecular flexibility index (Phi) is 3.84. The van der Waals surface area contributed by atoms with Crippen molar-refractivity contribution in [2.75, 3.05) is 0 Å². The Labute approximate surface area is 130 Å². The number of hydrogen-bond acceptors (Lipinski definition) is 5. The Balaban J connectivity index is 1.89. The summed E-state index contributed by atoms with van der Waals surface area (Å²) < 4.78 is 5.58. The molecule has 2 heterocycles. The zero-order valence-electron chi connectivity index (χ0n) is 11.2. The van der Waals surface area contributed by atoms with Crippen molar-refractivity contribution >= 4 is 29.5 Å². The lowest BCUT2D eigenvalue weighted by Gasteiger charge is -2.05. The van der Waals surface area contributed by atoms with E-state index in [1.807, 2.05) is 18.2 Å². The summed E-state index contributed by atoms with van der Waals surface area (Å²) in [5.41, 5.74) is 0.719. The highest BCUT2D eigenvalue weighted by Crippen LogP contribution is 2.22. The van der Waals surface area contributed by atoms with Gasteiger partial charge in [-0.25, -0.2) is 4.98 Å². The molecule has 0 saturated carbocycles. The highest BCUT2D eigenvalue weighted by molar-refractivity contribution is 6.28. The van der Waals surface area contributed by atoms with Crippen LogP contribution in [0.2, 0.25) is 5.28 Å². The molecule has 0 spiro atoms. The average Bonchev–Trinajstić information content (AvgIpc) is 2.77. The minimum Gasteiger partial charge on any atom is -0.439 e. The fourth-order valence-corrected chi connectivity index (χ4v) is 2.13. The van der Waals surface area contributed by atoms with E-state index in [0.29, 0.717) is 17.0 Å². The van der Waals surface area contributed by atoms with Crippen molar-refractivity contribution in [1.82, 2.24) is 15.3 Å². The normalized spacial score (nSPS) is 16.0. The minimum atomic E-state index is -0.426. The van der Waals surface area contributed by atoms with Crippen molar-refractivity contribution < 1.29 is 14.3 Å². The summed E-state index contributed by atoms with van der Waals surface area (Å²) in [6, 6.07) is 10.6. The number of nitrogens with one attached hydrogen (secondary N) is 1. The first-order valence-corrected chi connectivity index (χ1v) is 6.80. The summed E-state index contributed by atoms with van der Waals surface area (Å²) >= 11 is 5.87. The molecular weight excluding hydrogens is 306 g/mol. The monoisotopic (exact) mass is 315 g/mol. The Morgan fingerprint density at radius 3 is 2.64 bits per heavy atom. The molecule has 1 aromatic carbocycles. The zero-order valence-corrected chi connectivity index (χ0v) is 12.0. The van der Waals surface area contributed by atoms with Gasteiger partial charge in [-0.15, -0.1) is 0 Å². The maximum Gasteiger partial charge on any atom is 0.254 e. The number of carbonyl (C=O) groups is 2. The van der Waals surface area contributed by atoms with Crippen molar-refractivity contribution in [3.63, 3.8) is 0 Å². The van der Waals surface area contributed by atoms with E-state index in [-0.39, 0.29) is 23.5 Å². The van der Waals surface area contributed by atoms with Crippen molar-refractivity contribution in [3.8, 4) is 11.6 Å². The summed E-state index contributed by atoms with van der Waals surface area (Å²) in [7, 11) is 0. The molecule has 1 aliphatic rings. The third kappa shape index (κ3) is 3.29. The number of halogens is 1. The number of nitrogens with zero attached hydrogens (tertiary/aromatic N) is 2. The lowest BCUT2D eigenvalue weighted by Crippen LogP contribution is -2.19. The molecule has 1 saturated heterocycles. The molecule has 1 aromatic heterocycles. The van der Waals surface area contributed by atoms with Crippen LogP contribution in [0.3, 0.4) is 0 Å². The molecule has 1 fully saturated rings. The SMILES string of the molecule is O=C1C/C(=C\c2cc(Oc3ccccc3)nc(Cl)n2)C(=O)N1. The van der Waals surface area contributed by atoms with Crippen LogP contribution in [0.5, 0.6) is 11.6 Å². The number of rotatable bonds is 3. The summed E-state index contributed by atoms with van der Waals surface area (Å²) in [5, 5.41) is 2.19. The second-order valence-electron chi connectivity index (χ2n) is 4.54. The van der Waals surface area contributed by atoms with Crippen molar-refractivity contribution in [1.29, 1.82) is 0 Å². The molecule has 3 rings (SSSR count). The standard InChI is InChI=1S/C15H10ClN3O3/c16-15-17-10(6-9-7-12(20)18-14(9)21)8-13(19-15)22-11-4-2-1-3-5-11/h1-6,8H,7H2,(H,18,20,21)/b9-6+. The van der Waals surface area contributed by atoms with Gasteiger partial charge in [0.05, 0.1) is 12.1 Å². The van der Waals surface area contributed by atoms with E-state index >= 15 is 0 Å². The quantitative estimate of drug-likeness (QED) is 0.534. The molecule has 1 aliphatic heterocycles. The molecule has 110 valence electrons. The first-order chi connectivity index (χ1) is 10.6. The fraction of sp³-hybridized carbons (Fsp3) is 0.0667. The lowest BCUT2D eigenvalue weighted by molar-refractivity contribution is -0.124. The van der Waals surface area contributed by atoms with Crippen LogP contribution in [0.25, 0.3) is 6.08 Å². The van der Waals surface area contributed by atoms with Gasteiger partial charge in [0.2, 0.25) is 17.1 Å². The summed E-state index contributed by atoms with van der Waals surface area (Å²) in [5.74, 6) is 0.0925. The second kappa shape index (κ2) is 5.95. The van der Waals surface area contributed by atoms with Crippen molar-refractivity contribution in [2.45, 2.75) is 6.42 Å². The molecule has 6 nitrogen and oxygen atoms in total. The van der Waals surface area contributed by atoms with E-state index in [1.54, 1.807) is 18.2 Å². The minimum absolute atomic E-state index is 0.00925. The van der Waals surface area contributed by atoms with Crippen LogP contribution in [0.4, 0.5) is 0 Å². The largest absolute Gasteiger partial charge is 0.439 e. The number of aromatic nitrogens is 2. The first kappa shape index (κ1) is 14.2. The van der Waals surface area contributed by atoms with Crippen LogP contribution >= 0.6 is 11.6 Å². The van der Waals surface area contributed by atoms with Crippen LogP contribution in [-0.4, -0.2) is 21.8 Å². The predicted octanol–water partition coefficient (Wildman–Crippen LogP) is 2.35. The van der Waals surface area contributed by atoms with Gasteiger partial charge in [0.1, 0.15) is 5.75 Å². The third-order valence-corrected chi connectivity index (χ3v) is 3.05. The van der Waals surface area contributed by atoms with Gasteiger partial charge in [0.25, 0.3) is 5.91 Å². The van der Waals surface area contributed by atoms with Gasteiger partial charge >= 0.3 is 0 Å². The van der Waals surface area contributed by atoms with Gasteiger partial charge in [-0.3, -0.25) is 14.9 Å². The number of imide groups is 1. The van der Waals surface area contributed by atoms with Crippen LogP contribution in [0.1, 0.15) is 12.1 Å². The summed E-state index contributed by atoms with van der Waals surface area (Å²) in [6.07, 6.45) is 1.51. The maximum absolute atomic E-state index is 11.5. The van der Waals surface area contributed by atoms with Gasteiger partial charge in [-0.05, 0) is 29.8 Å². The van der Waals surface area contributed by atoms with Crippen molar-refractivity contribution in [2.24, 2.45) is 0 Å². The zero-order chi connectivity index (χ0) is 15.5. The van der Waals surface area contributed by atoms with Crippen LogP contribution in [-0.2, 0) is 9.59 Å². The number of amides is 2. The number of para-hydroxylation sites is 1. The number of hydrogen-bond donors (Lipinski definition) is 1. The molecule has 2 amide bonds.